The monoisotopic (exact) mass is 444 g/mol. The molecular weight excluding hydrogens is 424 g/mol. The molecule has 2 heterocycles. The molecule has 1 aliphatic heterocycles. The maximum absolute atomic E-state index is 12.6. The number of anilines is 1. The molecule has 1 aromatic heterocycles. The summed E-state index contributed by atoms with van der Waals surface area (Å²) in [6.07, 6.45) is 0. The molecule has 156 valence electrons. The first-order chi connectivity index (χ1) is 14.6. The minimum absolute atomic E-state index is 0.0610. The number of methoxy groups -OCH3 is 1. The van der Waals surface area contributed by atoms with E-state index in [1.54, 1.807) is 19.2 Å². The fourth-order valence-corrected chi connectivity index (χ4v) is 4.07. The van der Waals surface area contributed by atoms with Crippen molar-refractivity contribution in [3.8, 4) is 17.2 Å². The number of carbonyl (C=O) groups is 1. The van der Waals surface area contributed by atoms with Crippen molar-refractivity contribution >= 4 is 35.0 Å². The van der Waals surface area contributed by atoms with Crippen LogP contribution in [0.25, 0.3) is 11.5 Å². The fourth-order valence-electron chi connectivity index (χ4n) is 3.28. The van der Waals surface area contributed by atoms with Crippen molar-refractivity contribution in [2.24, 2.45) is 0 Å². The molecule has 1 fully saturated rings. The number of aromatic nitrogens is 2. The third-order valence-corrected chi connectivity index (χ3v) is 5.93. The number of nitrogens with zero attached hydrogens (tertiary/aromatic N) is 4. The topological polar surface area (TPSA) is 71.7 Å². The van der Waals surface area contributed by atoms with Crippen LogP contribution in [-0.2, 0) is 4.79 Å². The Morgan fingerprint density at radius 3 is 2.57 bits per heavy atom. The average Bonchev–Trinajstić information content (AvgIpc) is 3.27. The summed E-state index contributed by atoms with van der Waals surface area (Å²) in [5, 5.41) is 9.08. The predicted octanol–water partition coefficient (Wildman–Crippen LogP) is 3.84. The Labute approximate surface area is 184 Å². The number of thioether (sulfide) groups is 1. The Balaban J connectivity index is 1.29. The van der Waals surface area contributed by atoms with E-state index in [2.05, 4.69) is 15.1 Å². The standard InChI is InChI=1S/C21H21ClN4O3S/c1-28-18-5-3-2-4-17(18)25-10-12-26(13-11-25)19(27)14-30-21-24-23-20(29-21)15-6-8-16(22)9-7-15/h2-9H,10-14H2,1H3. The summed E-state index contributed by atoms with van der Waals surface area (Å²) in [6.45, 7) is 2.85. The van der Waals surface area contributed by atoms with Gasteiger partial charge in [-0.2, -0.15) is 0 Å². The Morgan fingerprint density at radius 1 is 1.10 bits per heavy atom. The summed E-state index contributed by atoms with van der Waals surface area (Å²) < 4.78 is 11.1. The van der Waals surface area contributed by atoms with Crippen molar-refractivity contribution in [3.05, 3.63) is 53.6 Å². The Bertz CT molecular complexity index is 1000. The van der Waals surface area contributed by atoms with Crippen LogP contribution in [0.2, 0.25) is 5.02 Å². The highest BCUT2D eigenvalue weighted by molar-refractivity contribution is 7.99. The van der Waals surface area contributed by atoms with Crippen LogP contribution < -0.4 is 9.64 Å². The molecule has 0 radical (unpaired) electrons. The maximum atomic E-state index is 12.6. The highest BCUT2D eigenvalue weighted by Gasteiger charge is 2.23. The summed E-state index contributed by atoms with van der Waals surface area (Å²) in [6, 6.07) is 15.1. The van der Waals surface area contributed by atoms with Gasteiger partial charge in [-0.1, -0.05) is 35.5 Å². The molecule has 0 unspecified atom stereocenters. The van der Waals surface area contributed by atoms with Gasteiger partial charge in [0.2, 0.25) is 11.8 Å². The average molecular weight is 445 g/mol. The van der Waals surface area contributed by atoms with Crippen LogP contribution in [0, 0.1) is 0 Å². The highest BCUT2D eigenvalue weighted by atomic mass is 35.5. The first kappa shape index (κ1) is 20.6. The molecular formula is C21H21ClN4O3S. The van der Waals surface area contributed by atoms with E-state index < -0.39 is 0 Å². The third kappa shape index (κ3) is 4.71. The number of benzene rings is 2. The van der Waals surface area contributed by atoms with Crippen molar-refractivity contribution in [1.82, 2.24) is 15.1 Å². The highest BCUT2D eigenvalue weighted by Crippen LogP contribution is 2.29. The number of hydrogen-bond donors (Lipinski definition) is 0. The van der Waals surface area contributed by atoms with Gasteiger partial charge in [0.15, 0.2) is 0 Å². The van der Waals surface area contributed by atoms with E-state index in [1.165, 1.54) is 11.8 Å². The van der Waals surface area contributed by atoms with Crippen LogP contribution >= 0.6 is 23.4 Å². The largest absolute Gasteiger partial charge is 0.495 e. The van der Waals surface area contributed by atoms with Crippen molar-refractivity contribution < 1.29 is 13.9 Å². The second-order valence-electron chi connectivity index (χ2n) is 6.71. The molecule has 0 aliphatic carbocycles. The smallest absolute Gasteiger partial charge is 0.277 e. The Hall–Kier alpha value is -2.71. The summed E-state index contributed by atoms with van der Waals surface area (Å²) >= 11 is 7.15. The number of para-hydroxylation sites is 2. The minimum Gasteiger partial charge on any atom is -0.495 e. The quantitative estimate of drug-likeness (QED) is 0.535. The molecule has 2 aromatic carbocycles. The predicted molar refractivity (Wildman–Crippen MR) is 117 cm³/mol. The molecule has 1 aliphatic rings. The van der Waals surface area contributed by atoms with Crippen LogP contribution in [0.15, 0.2) is 58.2 Å². The number of piperazine rings is 1. The number of ether oxygens (including phenoxy) is 1. The summed E-state index contributed by atoms with van der Waals surface area (Å²) in [5.41, 5.74) is 1.85. The van der Waals surface area contributed by atoms with Crippen LogP contribution in [0.5, 0.6) is 5.75 Å². The molecule has 0 atom stereocenters. The molecule has 4 rings (SSSR count). The molecule has 1 saturated heterocycles. The zero-order valence-electron chi connectivity index (χ0n) is 16.5. The zero-order valence-corrected chi connectivity index (χ0v) is 18.0. The van der Waals surface area contributed by atoms with E-state index >= 15 is 0 Å². The number of halogens is 1. The van der Waals surface area contributed by atoms with Gasteiger partial charge in [0.1, 0.15) is 5.75 Å². The lowest BCUT2D eigenvalue weighted by Crippen LogP contribution is -2.49. The Kier molecular flexibility index (Phi) is 6.44. The second kappa shape index (κ2) is 9.40. The number of carbonyl (C=O) groups excluding carboxylic acids is 1. The van der Waals surface area contributed by atoms with Gasteiger partial charge in [-0.25, -0.2) is 0 Å². The van der Waals surface area contributed by atoms with Gasteiger partial charge in [-0.3, -0.25) is 4.79 Å². The molecule has 0 saturated carbocycles. The van der Waals surface area contributed by atoms with E-state index in [4.69, 9.17) is 20.8 Å². The first-order valence-electron chi connectivity index (χ1n) is 9.52. The molecule has 0 spiro atoms. The lowest BCUT2D eigenvalue weighted by atomic mass is 10.2. The van der Waals surface area contributed by atoms with Crippen molar-refractivity contribution in [3.63, 3.8) is 0 Å². The van der Waals surface area contributed by atoms with Gasteiger partial charge in [0.25, 0.3) is 5.22 Å². The summed E-state index contributed by atoms with van der Waals surface area (Å²) in [7, 11) is 1.67. The van der Waals surface area contributed by atoms with Crippen molar-refractivity contribution in [2.75, 3.05) is 43.9 Å². The molecule has 1 amide bonds. The summed E-state index contributed by atoms with van der Waals surface area (Å²) in [4.78, 5) is 16.7. The van der Waals surface area contributed by atoms with E-state index in [0.29, 0.717) is 29.2 Å². The molecule has 7 nitrogen and oxygen atoms in total. The van der Waals surface area contributed by atoms with Gasteiger partial charge < -0.3 is 19.0 Å². The molecule has 30 heavy (non-hydrogen) atoms. The number of amides is 1. The molecule has 9 heteroatoms. The van der Waals surface area contributed by atoms with Gasteiger partial charge in [-0.15, -0.1) is 10.2 Å². The van der Waals surface area contributed by atoms with E-state index in [9.17, 15) is 4.79 Å². The lowest BCUT2D eigenvalue weighted by Gasteiger charge is -2.36. The SMILES string of the molecule is COc1ccccc1N1CCN(C(=O)CSc2nnc(-c3ccc(Cl)cc3)o2)CC1. The molecule has 0 N–H and O–H groups in total. The van der Waals surface area contributed by atoms with E-state index in [0.717, 1.165) is 30.1 Å². The minimum atomic E-state index is 0.0610. The van der Waals surface area contributed by atoms with Gasteiger partial charge >= 0.3 is 0 Å². The van der Waals surface area contributed by atoms with Gasteiger partial charge in [-0.05, 0) is 36.4 Å². The van der Waals surface area contributed by atoms with E-state index in [-0.39, 0.29) is 11.7 Å². The van der Waals surface area contributed by atoms with Crippen molar-refractivity contribution in [1.29, 1.82) is 0 Å². The van der Waals surface area contributed by atoms with Crippen molar-refractivity contribution in [2.45, 2.75) is 5.22 Å². The number of rotatable bonds is 6. The molecule has 3 aromatic rings. The van der Waals surface area contributed by atoms with Crippen LogP contribution in [0.4, 0.5) is 5.69 Å². The Morgan fingerprint density at radius 2 is 1.83 bits per heavy atom. The van der Waals surface area contributed by atoms with Crippen LogP contribution in [0.1, 0.15) is 0 Å². The fraction of sp³-hybridized carbons (Fsp3) is 0.286. The van der Waals surface area contributed by atoms with Gasteiger partial charge in [0.05, 0.1) is 18.6 Å². The van der Waals surface area contributed by atoms with Crippen LogP contribution in [-0.4, -0.2) is 60.0 Å². The first-order valence-corrected chi connectivity index (χ1v) is 10.9. The second-order valence-corrected chi connectivity index (χ2v) is 8.07. The lowest BCUT2D eigenvalue weighted by molar-refractivity contribution is -0.128. The normalized spacial score (nSPS) is 14.1. The third-order valence-electron chi connectivity index (χ3n) is 4.87. The maximum Gasteiger partial charge on any atom is 0.277 e. The number of hydrogen-bond acceptors (Lipinski definition) is 7. The van der Waals surface area contributed by atoms with Crippen LogP contribution in [0.3, 0.4) is 0 Å². The summed E-state index contributed by atoms with van der Waals surface area (Å²) in [5.74, 6) is 1.58. The van der Waals surface area contributed by atoms with Gasteiger partial charge in [0, 0.05) is 36.8 Å². The molecule has 0 bridgehead atoms. The zero-order chi connectivity index (χ0) is 20.9. The van der Waals surface area contributed by atoms with E-state index in [1.807, 2.05) is 41.3 Å².